The van der Waals surface area contributed by atoms with Crippen LogP contribution in [0.15, 0.2) is 12.3 Å². The van der Waals surface area contributed by atoms with Gasteiger partial charge in [0.25, 0.3) is 0 Å². The van der Waals surface area contributed by atoms with Crippen LogP contribution in [-0.2, 0) is 11.3 Å². The van der Waals surface area contributed by atoms with E-state index in [0.29, 0.717) is 0 Å². The summed E-state index contributed by atoms with van der Waals surface area (Å²) in [5.41, 5.74) is 5.91. The Bertz CT molecular complexity index is 413. The van der Waals surface area contributed by atoms with Gasteiger partial charge in [-0.05, 0) is 53.0 Å². The molecule has 108 valence electrons. The Labute approximate surface area is 115 Å². The molecular formula is C14H26N4O. The van der Waals surface area contributed by atoms with Gasteiger partial charge in [-0.15, -0.1) is 0 Å². The molecule has 1 amide bonds. The van der Waals surface area contributed by atoms with Crippen LogP contribution in [0.2, 0.25) is 0 Å². The van der Waals surface area contributed by atoms with Crippen LogP contribution in [0.4, 0.5) is 0 Å². The van der Waals surface area contributed by atoms with E-state index in [2.05, 4.69) is 10.4 Å². The van der Waals surface area contributed by atoms with E-state index in [1.54, 1.807) is 0 Å². The van der Waals surface area contributed by atoms with Crippen molar-refractivity contribution >= 4 is 5.91 Å². The molecule has 0 aliphatic carbocycles. The van der Waals surface area contributed by atoms with Crippen LogP contribution < -0.4 is 11.1 Å². The molecule has 0 bridgehead atoms. The minimum atomic E-state index is -0.617. The second kappa shape index (κ2) is 6.70. The van der Waals surface area contributed by atoms with Gasteiger partial charge in [0.1, 0.15) is 0 Å². The van der Waals surface area contributed by atoms with Crippen LogP contribution in [0.25, 0.3) is 0 Å². The van der Waals surface area contributed by atoms with Gasteiger partial charge in [-0.1, -0.05) is 0 Å². The molecule has 0 saturated heterocycles. The van der Waals surface area contributed by atoms with Gasteiger partial charge >= 0.3 is 0 Å². The first-order valence-corrected chi connectivity index (χ1v) is 6.91. The van der Waals surface area contributed by atoms with Crippen molar-refractivity contribution in [1.82, 2.24) is 15.1 Å². The first-order chi connectivity index (χ1) is 8.83. The minimum Gasteiger partial charge on any atom is -0.368 e. The largest absolute Gasteiger partial charge is 0.368 e. The lowest BCUT2D eigenvalue weighted by Gasteiger charge is -2.29. The third kappa shape index (κ3) is 5.03. The standard InChI is InChI=1S/C14H26N4O/c1-11(2)16-14(4,13(15)19)8-5-6-9-18-10-7-12(3)17-18/h7,10-11,16H,5-6,8-9H2,1-4H3,(H2,15,19). The van der Waals surface area contributed by atoms with Crippen LogP contribution in [0.5, 0.6) is 0 Å². The van der Waals surface area contributed by atoms with E-state index in [0.717, 1.165) is 31.5 Å². The summed E-state index contributed by atoms with van der Waals surface area (Å²) in [6.07, 6.45) is 4.66. The van der Waals surface area contributed by atoms with Gasteiger partial charge in [0, 0.05) is 18.8 Å². The molecule has 0 aromatic carbocycles. The monoisotopic (exact) mass is 266 g/mol. The van der Waals surface area contributed by atoms with E-state index in [9.17, 15) is 4.79 Å². The number of hydrogen-bond donors (Lipinski definition) is 2. The van der Waals surface area contributed by atoms with Crippen LogP contribution in [-0.4, -0.2) is 27.3 Å². The van der Waals surface area contributed by atoms with Crippen molar-refractivity contribution in [3.05, 3.63) is 18.0 Å². The van der Waals surface area contributed by atoms with E-state index >= 15 is 0 Å². The average Bonchev–Trinajstić information content (AvgIpc) is 2.69. The van der Waals surface area contributed by atoms with Crippen LogP contribution in [0, 0.1) is 6.92 Å². The highest BCUT2D eigenvalue weighted by Crippen LogP contribution is 2.15. The van der Waals surface area contributed by atoms with Crippen LogP contribution >= 0.6 is 0 Å². The quantitative estimate of drug-likeness (QED) is 0.702. The Morgan fingerprint density at radius 2 is 2.21 bits per heavy atom. The maximum Gasteiger partial charge on any atom is 0.237 e. The number of aryl methyl sites for hydroxylation is 2. The lowest BCUT2D eigenvalue weighted by Crippen LogP contribution is -2.55. The van der Waals surface area contributed by atoms with Gasteiger partial charge < -0.3 is 11.1 Å². The summed E-state index contributed by atoms with van der Waals surface area (Å²) in [6, 6.07) is 2.24. The number of nitrogens with two attached hydrogens (primary N) is 1. The fourth-order valence-corrected chi connectivity index (χ4v) is 2.24. The summed E-state index contributed by atoms with van der Waals surface area (Å²) in [4.78, 5) is 11.6. The Morgan fingerprint density at radius 3 is 2.68 bits per heavy atom. The van der Waals surface area contributed by atoms with Gasteiger partial charge in [-0.25, -0.2) is 0 Å². The Kier molecular flexibility index (Phi) is 5.54. The molecule has 1 aromatic heterocycles. The number of nitrogens with zero attached hydrogens (tertiary/aromatic N) is 2. The topological polar surface area (TPSA) is 72.9 Å². The molecule has 1 rings (SSSR count). The van der Waals surface area contributed by atoms with Gasteiger partial charge in [-0.3, -0.25) is 9.48 Å². The van der Waals surface area contributed by atoms with E-state index < -0.39 is 5.54 Å². The molecule has 5 nitrogen and oxygen atoms in total. The van der Waals surface area contributed by atoms with Crippen molar-refractivity contribution in [2.24, 2.45) is 5.73 Å². The molecule has 0 radical (unpaired) electrons. The molecule has 1 unspecified atom stereocenters. The molecular weight excluding hydrogens is 240 g/mol. The van der Waals surface area contributed by atoms with Crippen molar-refractivity contribution in [3.63, 3.8) is 0 Å². The highest BCUT2D eigenvalue weighted by atomic mass is 16.1. The fraction of sp³-hybridized carbons (Fsp3) is 0.714. The first-order valence-electron chi connectivity index (χ1n) is 6.91. The SMILES string of the molecule is Cc1ccn(CCCCC(C)(NC(C)C)C(N)=O)n1. The first kappa shape index (κ1) is 15.7. The molecule has 0 fully saturated rings. The number of hydrogen-bond acceptors (Lipinski definition) is 3. The van der Waals surface area contributed by atoms with Crippen molar-refractivity contribution in [1.29, 1.82) is 0 Å². The molecule has 1 aromatic rings. The molecule has 19 heavy (non-hydrogen) atoms. The smallest absolute Gasteiger partial charge is 0.237 e. The molecule has 3 N–H and O–H groups in total. The zero-order valence-electron chi connectivity index (χ0n) is 12.4. The normalized spacial score (nSPS) is 14.6. The van der Waals surface area contributed by atoms with Gasteiger partial charge in [0.2, 0.25) is 5.91 Å². The number of rotatable bonds is 8. The molecule has 1 heterocycles. The van der Waals surface area contributed by atoms with Crippen LogP contribution in [0.3, 0.4) is 0 Å². The summed E-state index contributed by atoms with van der Waals surface area (Å²) in [5, 5.41) is 7.60. The van der Waals surface area contributed by atoms with E-state index in [1.165, 1.54) is 0 Å². The number of primary amides is 1. The lowest BCUT2D eigenvalue weighted by atomic mass is 9.93. The summed E-state index contributed by atoms with van der Waals surface area (Å²) >= 11 is 0. The van der Waals surface area contributed by atoms with Crippen molar-refractivity contribution in [2.75, 3.05) is 0 Å². The summed E-state index contributed by atoms with van der Waals surface area (Å²) < 4.78 is 1.94. The Morgan fingerprint density at radius 1 is 1.53 bits per heavy atom. The van der Waals surface area contributed by atoms with E-state index in [1.807, 2.05) is 44.6 Å². The minimum absolute atomic E-state index is 0.242. The van der Waals surface area contributed by atoms with Gasteiger partial charge in [0.15, 0.2) is 0 Å². The van der Waals surface area contributed by atoms with Gasteiger partial charge in [0.05, 0.1) is 11.2 Å². The van der Waals surface area contributed by atoms with Crippen molar-refractivity contribution < 1.29 is 4.79 Å². The van der Waals surface area contributed by atoms with Gasteiger partial charge in [-0.2, -0.15) is 5.10 Å². The highest BCUT2D eigenvalue weighted by molar-refractivity contribution is 5.84. The molecule has 0 aliphatic heterocycles. The highest BCUT2D eigenvalue weighted by Gasteiger charge is 2.30. The fourth-order valence-electron chi connectivity index (χ4n) is 2.24. The number of carbonyl (C=O) groups is 1. The number of nitrogens with one attached hydrogen (secondary N) is 1. The molecule has 5 heteroatoms. The van der Waals surface area contributed by atoms with Crippen LogP contribution in [0.1, 0.15) is 45.7 Å². The van der Waals surface area contributed by atoms with Crippen molar-refractivity contribution in [3.8, 4) is 0 Å². The number of amides is 1. The molecule has 0 spiro atoms. The second-order valence-corrected chi connectivity index (χ2v) is 5.67. The zero-order chi connectivity index (χ0) is 14.5. The zero-order valence-corrected chi connectivity index (χ0v) is 12.4. The third-order valence-corrected chi connectivity index (χ3v) is 3.24. The Balaban J connectivity index is 2.38. The third-order valence-electron chi connectivity index (χ3n) is 3.24. The maximum absolute atomic E-state index is 11.6. The predicted octanol–water partition coefficient (Wildman–Crippen LogP) is 1.60. The average molecular weight is 266 g/mol. The number of aromatic nitrogens is 2. The van der Waals surface area contributed by atoms with E-state index in [4.69, 9.17) is 5.73 Å². The summed E-state index contributed by atoms with van der Waals surface area (Å²) in [7, 11) is 0. The number of unbranched alkanes of at least 4 members (excludes halogenated alkanes) is 1. The second-order valence-electron chi connectivity index (χ2n) is 5.67. The maximum atomic E-state index is 11.6. The lowest BCUT2D eigenvalue weighted by molar-refractivity contribution is -0.124. The molecule has 0 saturated carbocycles. The van der Waals surface area contributed by atoms with Crippen molar-refractivity contribution in [2.45, 2.75) is 65.1 Å². The number of carbonyl (C=O) groups excluding carboxylic acids is 1. The Hall–Kier alpha value is -1.36. The summed E-state index contributed by atoms with van der Waals surface area (Å²) in [6.45, 7) is 8.78. The van der Waals surface area contributed by atoms with E-state index in [-0.39, 0.29) is 11.9 Å². The summed E-state index contributed by atoms with van der Waals surface area (Å²) in [5.74, 6) is -0.281. The predicted molar refractivity (Wildman–Crippen MR) is 76.7 cm³/mol. The molecule has 0 aliphatic rings. The molecule has 1 atom stereocenters.